The standard InChI is InChI=1S/C23H25B2FS/c1-14-4-8-17(9-5-14)15(2)6-7-16(3)18-10-11-19(21(26)12-18)22-13-20(24)23(25)27-22/h6-7,10-14,17H,4-5,8-9H2,1-3H3/b15-6+,16-7+. The molecule has 27 heavy (non-hydrogen) atoms. The topological polar surface area (TPSA) is 0 Å². The van der Waals surface area contributed by atoms with E-state index in [-0.39, 0.29) is 5.82 Å². The Hall–Kier alpha value is -1.54. The van der Waals surface area contributed by atoms with Crippen LogP contribution in [-0.2, 0) is 0 Å². The van der Waals surface area contributed by atoms with Gasteiger partial charge in [-0.2, -0.15) is 11.3 Å². The first-order valence-electron chi connectivity index (χ1n) is 9.65. The largest absolute Gasteiger partial charge is 0.206 e. The molecule has 0 amide bonds. The van der Waals surface area contributed by atoms with Crippen LogP contribution in [0.25, 0.3) is 16.0 Å². The molecule has 1 aliphatic rings. The second-order valence-corrected chi connectivity index (χ2v) is 8.93. The Morgan fingerprint density at radius 1 is 1.07 bits per heavy atom. The van der Waals surface area contributed by atoms with Crippen molar-refractivity contribution in [1.29, 1.82) is 0 Å². The summed E-state index contributed by atoms with van der Waals surface area (Å²) in [6.07, 6.45) is 9.54. The van der Waals surface area contributed by atoms with Crippen molar-refractivity contribution in [2.75, 3.05) is 0 Å². The third-order valence-corrected chi connectivity index (χ3v) is 6.75. The Kier molecular flexibility index (Phi) is 6.47. The lowest BCUT2D eigenvalue weighted by Crippen LogP contribution is -2.18. The van der Waals surface area contributed by atoms with Gasteiger partial charge in [-0.15, -0.1) is 0 Å². The number of benzene rings is 1. The number of rotatable bonds is 4. The van der Waals surface area contributed by atoms with Crippen molar-refractivity contribution in [3.8, 4) is 10.4 Å². The molecular weight excluding hydrogens is 349 g/mol. The smallest absolute Gasteiger partial charge is 0.132 e. The van der Waals surface area contributed by atoms with Crippen molar-refractivity contribution in [2.45, 2.75) is 46.5 Å². The molecule has 4 radical (unpaired) electrons. The average molecular weight is 374 g/mol. The summed E-state index contributed by atoms with van der Waals surface area (Å²) >= 11 is 1.31. The number of hydrogen-bond donors (Lipinski definition) is 0. The van der Waals surface area contributed by atoms with Crippen LogP contribution in [0, 0.1) is 17.7 Å². The summed E-state index contributed by atoms with van der Waals surface area (Å²) in [5.74, 6) is 1.31. The van der Waals surface area contributed by atoms with E-state index in [2.05, 4.69) is 26.0 Å². The van der Waals surface area contributed by atoms with Crippen LogP contribution in [0.3, 0.4) is 0 Å². The van der Waals surface area contributed by atoms with Gasteiger partial charge in [-0.3, -0.25) is 0 Å². The van der Waals surface area contributed by atoms with Gasteiger partial charge >= 0.3 is 0 Å². The van der Waals surface area contributed by atoms with Gasteiger partial charge in [-0.25, -0.2) is 4.39 Å². The summed E-state index contributed by atoms with van der Waals surface area (Å²) < 4.78 is 15.2. The first kappa shape index (κ1) is 20.2. The number of hydrogen-bond acceptors (Lipinski definition) is 1. The van der Waals surface area contributed by atoms with Crippen molar-refractivity contribution >= 4 is 42.8 Å². The van der Waals surface area contributed by atoms with Crippen molar-refractivity contribution in [1.82, 2.24) is 0 Å². The third-order valence-electron chi connectivity index (χ3n) is 5.74. The molecule has 1 heterocycles. The summed E-state index contributed by atoms with van der Waals surface area (Å²) in [7, 11) is 11.6. The van der Waals surface area contributed by atoms with Gasteiger partial charge in [-0.1, -0.05) is 65.9 Å². The summed E-state index contributed by atoms with van der Waals surface area (Å²) in [5, 5.41) is 0. The molecular formula is C23H25B2FS. The van der Waals surface area contributed by atoms with Gasteiger partial charge in [0.2, 0.25) is 0 Å². The molecule has 4 heteroatoms. The highest BCUT2D eigenvalue weighted by Gasteiger charge is 2.18. The van der Waals surface area contributed by atoms with Gasteiger partial charge in [0.05, 0.1) is 0 Å². The predicted octanol–water partition coefficient (Wildman–Crippen LogP) is 5.32. The molecule has 3 rings (SSSR count). The lowest BCUT2D eigenvalue weighted by molar-refractivity contribution is 0.320. The van der Waals surface area contributed by atoms with Crippen LogP contribution in [0.5, 0.6) is 0 Å². The maximum Gasteiger partial charge on any atom is 0.132 e. The van der Waals surface area contributed by atoms with Crippen LogP contribution >= 0.6 is 11.3 Å². The normalized spacial score (nSPS) is 21.5. The molecule has 0 saturated heterocycles. The van der Waals surface area contributed by atoms with Gasteiger partial charge in [-0.05, 0) is 55.7 Å². The molecule has 1 aliphatic carbocycles. The molecule has 0 bridgehead atoms. The molecule has 0 spiro atoms. The van der Waals surface area contributed by atoms with E-state index in [1.807, 2.05) is 19.1 Å². The van der Waals surface area contributed by atoms with Crippen molar-refractivity contribution in [3.63, 3.8) is 0 Å². The van der Waals surface area contributed by atoms with E-state index in [1.54, 1.807) is 12.1 Å². The van der Waals surface area contributed by atoms with Crippen LogP contribution in [0.4, 0.5) is 4.39 Å². The van der Waals surface area contributed by atoms with Crippen LogP contribution in [0.2, 0.25) is 0 Å². The van der Waals surface area contributed by atoms with Gasteiger partial charge in [0, 0.05) is 10.4 Å². The minimum Gasteiger partial charge on any atom is -0.206 e. The zero-order chi connectivity index (χ0) is 19.6. The summed E-state index contributed by atoms with van der Waals surface area (Å²) in [4.78, 5) is 0.762. The Morgan fingerprint density at radius 2 is 1.78 bits per heavy atom. The van der Waals surface area contributed by atoms with Crippen molar-refractivity contribution in [2.24, 2.45) is 11.8 Å². The molecule has 0 N–H and O–H groups in total. The lowest BCUT2D eigenvalue weighted by Gasteiger charge is -2.26. The molecule has 1 aromatic heterocycles. The molecule has 0 atom stereocenters. The molecule has 0 unspecified atom stereocenters. The second-order valence-electron chi connectivity index (χ2n) is 7.84. The predicted molar refractivity (Wildman–Crippen MR) is 119 cm³/mol. The van der Waals surface area contributed by atoms with Crippen molar-refractivity contribution < 1.29 is 4.39 Å². The van der Waals surface area contributed by atoms with E-state index >= 15 is 0 Å². The number of thiophene rings is 1. The fourth-order valence-electron chi connectivity index (χ4n) is 3.72. The van der Waals surface area contributed by atoms with Crippen LogP contribution < -0.4 is 10.2 Å². The minimum absolute atomic E-state index is 0.247. The zero-order valence-electron chi connectivity index (χ0n) is 16.4. The van der Waals surface area contributed by atoms with Crippen LogP contribution in [0.15, 0.2) is 42.0 Å². The van der Waals surface area contributed by atoms with Crippen LogP contribution in [0.1, 0.15) is 52.0 Å². The zero-order valence-corrected chi connectivity index (χ0v) is 17.2. The molecule has 136 valence electrons. The monoisotopic (exact) mass is 374 g/mol. The molecule has 1 aromatic carbocycles. The Bertz CT molecular complexity index is 851. The molecule has 1 fully saturated rings. The first-order valence-corrected chi connectivity index (χ1v) is 10.5. The summed E-state index contributed by atoms with van der Waals surface area (Å²) in [6, 6.07) is 7.10. The Morgan fingerprint density at radius 3 is 2.37 bits per heavy atom. The minimum atomic E-state index is -0.247. The molecule has 2 aromatic rings. The number of halogens is 1. The highest BCUT2D eigenvalue weighted by atomic mass is 32.1. The van der Waals surface area contributed by atoms with Gasteiger partial charge in [0.1, 0.15) is 21.5 Å². The third kappa shape index (κ3) is 4.85. The van der Waals surface area contributed by atoms with E-state index in [4.69, 9.17) is 15.7 Å². The van der Waals surface area contributed by atoms with E-state index in [1.165, 1.54) is 42.6 Å². The highest BCUT2D eigenvalue weighted by Crippen LogP contribution is 2.33. The second kappa shape index (κ2) is 8.65. The number of allylic oxidation sites excluding steroid dienone is 4. The quantitative estimate of drug-likeness (QED) is 0.502. The first-order chi connectivity index (χ1) is 12.8. The Balaban J connectivity index is 1.76. The fourth-order valence-corrected chi connectivity index (χ4v) is 4.59. The molecule has 1 saturated carbocycles. The summed E-state index contributed by atoms with van der Waals surface area (Å²) in [6.45, 7) is 6.60. The maximum absolute atomic E-state index is 14.6. The average Bonchev–Trinajstić information content (AvgIpc) is 2.98. The van der Waals surface area contributed by atoms with E-state index < -0.39 is 0 Å². The van der Waals surface area contributed by atoms with Crippen LogP contribution in [-0.4, -0.2) is 15.7 Å². The van der Waals surface area contributed by atoms with E-state index in [0.29, 0.717) is 21.7 Å². The van der Waals surface area contributed by atoms with Gasteiger partial charge in [0.25, 0.3) is 0 Å². The van der Waals surface area contributed by atoms with Gasteiger partial charge in [0.15, 0.2) is 0 Å². The highest BCUT2D eigenvalue weighted by molar-refractivity contribution is 7.24. The van der Waals surface area contributed by atoms with E-state index in [9.17, 15) is 4.39 Å². The lowest BCUT2D eigenvalue weighted by atomic mass is 9.79. The SMILES string of the molecule is [B]c1cc(-c2ccc(/C(C)=C/C=C(\C)C3CCC(C)CC3)cc2F)sc1[B]. The van der Waals surface area contributed by atoms with Gasteiger partial charge < -0.3 is 0 Å². The summed E-state index contributed by atoms with van der Waals surface area (Å²) in [5.41, 5.74) is 4.45. The maximum atomic E-state index is 14.6. The fraction of sp³-hybridized carbons (Fsp3) is 0.391. The van der Waals surface area contributed by atoms with E-state index in [0.717, 1.165) is 21.9 Å². The molecule has 0 nitrogen and oxygen atoms in total. The van der Waals surface area contributed by atoms with Crippen molar-refractivity contribution in [3.05, 3.63) is 53.4 Å². The molecule has 0 aliphatic heterocycles. The Labute approximate surface area is 169 Å².